The molecule has 4 N–H and O–H groups in total. The number of hydrogen-bond donors (Lipinski definition) is 4. The molecule has 1 amide bonds. The number of aromatic amines is 1. The summed E-state index contributed by atoms with van der Waals surface area (Å²) < 4.78 is 5.31. The maximum atomic E-state index is 11.5. The van der Waals surface area contributed by atoms with E-state index in [2.05, 4.69) is 47.9 Å². The summed E-state index contributed by atoms with van der Waals surface area (Å²) in [5.41, 5.74) is 0. The van der Waals surface area contributed by atoms with E-state index in [0.717, 1.165) is 44.3 Å². The highest BCUT2D eigenvalue weighted by Gasteiger charge is 2.21. The molecule has 2 aromatic rings. The van der Waals surface area contributed by atoms with Crippen LogP contribution in [0.1, 0.15) is 25.6 Å². The van der Waals surface area contributed by atoms with Gasteiger partial charge in [-0.25, -0.2) is 4.98 Å². The predicted octanol–water partition coefficient (Wildman–Crippen LogP) is 0.991. The molecule has 0 spiro atoms. The van der Waals surface area contributed by atoms with Gasteiger partial charge in [0, 0.05) is 45.7 Å². The first-order chi connectivity index (χ1) is 14.2. The SMILES string of the molecule is CCNC(=NCCc1nc(-c2ccco2)n[nH]1)NC1CCN(CC(=O)NC)CC1.I. The molecule has 11 heteroatoms. The summed E-state index contributed by atoms with van der Waals surface area (Å²) in [6, 6.07) is 4.00. The number of furan rings is 1. The van der Waals surface area contributed by atoms with Crippen molar-refractivity contribution < 1.29 is 9.21 Å². The molecule has 0 aliphatic carbocycles. The zero-order valence-corrected chi connectivity index (χ0v) is 19.8. The molecule has 0 radical (unpaired) electrons. The van der Waals surface area contributed by atoms with Crippen LogP contribution in [-0.4, -0.2) is 77.8 Å². The molecule has 3 rings (SSSR count). The van der Waals surface area contributed by atoms with Crippen LogP contribution in [0.3, 0.4) is 0 Å². The van der Waals surface area contributed by atoms with Crippen molar-refractivity contribution in [1.29, 1.82) is 0 Å². The first kappa shape index (κ1) is 24.1. The van der Waals surface area contributed by atoms with Gasteiger partial charge in [-0.05, 0) is 31.9 Å². The fourth-order valence-electron chi connectivity index (χ4n) is 3.23. The summed E-state index contributed by atoms with van der Waals surface area (Å²) in [5.74, 6) is 2.85. The second kappa shape index (κ2) is 12.5. The first-order valence-electron chi connectivity index (χ1n) is 10.1. The Balaban J connectivity index is 0.00000320. The lowest BCUT2D eigenvalue weighted by Gasteiger charge is -2.32. The molecule has 1 aliphatic rings. The van der Waals surface area contributed by atoms with Crippen LogP contribution in [0.5, 0.6) is 0 Å². The number of aliphatic imine (C=N–C) groups is 1. The number of piperidine rings is 1. The third-order valence-electron chi connectivity index (χ3n) is 4.81. The van der Waals surface area contributed by atoms with Gasteiger partial charge in [-0.2, -0.15) is 5.10 Å². The Morgan fingerprint density at radius 1 is 1.40 bits per heavy atom. The van der Waals surface area contributed by atoms with Crippen LogP contribution in [0.15, 0.2) is 27.8 Å². The van der Waals surface area contributed by atoms with Gasteiger partial charge in [0.05, 0.1) is 12.8 Å². The van der Waals surface area contributed by atoms with Crippen LogP contribution < -0.4 is 16.0 Å². The van der Waals surface area contributed by atoms with Crippen LogP contribution in [0.4, 0.5) is 0 Å². The van der Waals surface area contributed by atoms with E-state index < -0.39 is 0 Å². The van der Waals surface area contributed by atoms with Crippen molar-refractivity contribution in [2.45, 2.75) is 32.2 Å². The standard InChI is InChI=1S/C19H30N8O2.HI/c1-3-21-19(23-14-7-10-27(11-8-14)13-17(28)20-2)22-9-6-16-24-18(26-25-16)15-5-4-12-29-15;/h4-5,12,14H,3,6-11,13H2,1-2H3,(H,20,28)(H2,21,22,23)(H,24,25,26);1H. The average Bonchev–Trinajstić information content (AvgIpc) is 3.41. The molecule has 10 nitrogen and oxygen atoms in total. The molecule has 1 fully saturated rings. The summed E-state index contributed by atoms with van der Waals surface area (Å²) in [5, 5.41) is 16.6. The van der Waals surface area contributed by atoms with E-state index in [0.29, 0.717) is 37.1 Å². The van der Waals surface area contributed by atoms with E-state index in [1.807, 2.05) is 12.1 Å². The Kier molecular flexibility index (Phi) is 10.1. The topological polar surface area (TPSA) is 123 Å². The highest BCUT2D eigenvalue weighted by Crippen LogP contribution is 2.14. The molecule has 0 unspecified atom stereocenters. The monoisotopic (exact) mass is 530 g/mol. The Labute approximate surface area is 193 Å². The second-order valence-electron chi connectivity index (χ2n) is 6.96. The Morgan fingerprint density at radius 3 is 2.87 bits per heavy atom. The van der Waals surface area contributed by atoms with Crippen molar-refractivity contribution in [1.82, 2.24) is 36.0 Å². The number of hydrogen-bond acceptors (Lipinski definition) is 6. The Bertz CT molecular complexity index is 784. The van der Waals surface area contributed by atoms with Gasteiger partial charge in [0.2, 0.25) is 11.7 Å². The lowest BCUT2D eigenvalue weighted by Crippen LogP contribution is -2.50. The third kappa shape index (κ3) is 7.27. The number of amides is 1. The Morgan fingerprint density at radius 2 is 2.20 bits per heavy atom. The van der Waals surface area contributed by atoms with E-state index in [9.17, 15) is 4.79 Å². The number of likely N-dealkylation sites (tertiary alicyclic amines) is 1. The summed E-state index contributed by atoms with van der Waals surface area (Å²) >= 11 is 0. The summed E-state index contributed by atoms with van der Waals surface area (Å²) in [4.78, 5) is 22.8. The average molecular weight is 530 g/mol. The first-order valence-corrected chi connectivity index (χ1v) is 10.1. The van der Waals surface area contributed by atoms with E-state index in [1.165, 1.54) is 0 Å². The van der Waals surface area contributed by atoms with Crippen molar-refractivity contribution in [2.24, 2.45) is 4.99 Å². The smallest absolute Gasteiger partial charge is 0.233 e. The van der Waals surface area contributed by atoms with Crippen LogP contribution in [0.25, 0.3) is 11.6 Å². The van der Waals surface area contributed by atoms with Crippen molar-refractivity contribution >= 4 is 35.8 Å². The number of halogens is 1. The number of guanidine groups is 1. The van der Waals surface area contributed by atoms with Crippen molar-refractivity contribution in [2.75, 3.05) is 39.8 Å². The van der Waals surface area contributed by atoms with Gasteiger partial charge in [-0.3, -0.25) is 19.8 Å². The maximum absolute atomic E-state index is 11.5. The molecule has 0 atom stereocenters. The molecule has 3 heterocycles. The number of nitrogens with one attached hydrogen (secondary N) is 4. The molecule has 0 aromatic carbocycles. The van der Waals surface area contributed by atoms with Crippen LogP contribution in [-0.2, 0) is 11.2 Å². The number of aromatic nitrogens is 3. The molecular formula is C19H31IN8O2. The maximum Gasteiger partial charge on any atom is 0.233 e. The highest BCUT2D eigenvalue weighted by atomic mass is 127. The van der Waals surface area contributed by atoms with Crippen LogP contribution in [0, 0.1) is 0 Å². The van der Waals surface area contributed by atoms with Crippen molar-refractivity contribution in [3.8, 4) is 11.6 Å². The van der Waals surface area contributed by atoms with E-state index in [1.54, 1.807) is 13.3 Å². The van der Waals surface area contributed by atoms with Crippen molar-refractivity contribution in [3.05, 3.63) is 24.2 Å². The molecule has 1 aliphatic heterocycles. The summed E-state index contributed by atoms with van der Waals surface area (Å²) in [6.07, 6.45) is 4.23. The van der Waals surface area contributed by atoms with Gasteiger partial charge in [0.25, 0.3) is 0 Å². The highest BCUT2D eigenvalue weighted by molar-refractivity contribution is 14.0. The number of likely N-dealkylation sites (N-methyl/N-ethyl adjacent to an activating group) is 1. The number of rotatable bonds is 8. The zero-order valence-electron chi connectivity index (χ0n) is 17.5. The molecule has 30 heavy (non-hydrogen) atoms. The normalized spacial score (nSPS) is 15.5. The quantitative estimate of drug-likeness (QED) is 0.228. The predicted molar refractivity (Wildman–Crippen MR) is 126 cm³/mol. The zero-order chi connectivity index (χ0) is 20.5. The van der Waals surface area contributed by atoms with Gasteiger partial charge in [0.15, 0.2) is 11.7 Å². The van der Waals surface area contributed by atoms with Gasteiger partial charge in [0.1, 0.15) is 5.82 Å². The largest absolute Gasteiger partial charge is 0.461 e. The minimum atomic E-state index is 0. The van der Waals surface area contributed by atoms with Gasteiger partial charge >= 0.3 is 0 Å². The number of carbonyl (C=O) groups is 1. The van der Waals surface area contributed by atoms with Crippen LogP contribution in [0.2, 0.25) is 0 Å². The number of nitrogens with zero attached hydrogens (tertiary/aromatic N) is 4. The molecule has 1 saturated heterocycles. The van der Waals surface area contributed by atoms with Crippen LogP contribution >= 0.6 is 24.0 Å². The minimum Gasteiger partial charge on any atom is -0.461 e. The molecule has 0 saturated carbocycles. The van der Waals surface area contributed by atoms with E-state index in [4.69, 9.17) is 4.42 Å². The summed E-state index contributed by atoms with van der Waals surface area (Å²) in [7, 11) is 1.67. The molecule has 2 aromatic heterocycles. The Hall–Kier alpha value is -2.15. The van der Waals surface area contributed by atoms with Gasteiger partial charge in [-0.15, -0.1) is 24.0 Å². The van der Waals surface area contributed by atoms with Gasteiger partial charge < -0.3 is 20.4 Å². The van der Waals surface area contributed by atoms with Gasteiger partial charge in [-0.1, -0.05) is 0 Å². The number of carbonyl (C=O) groups excluding carboxylic acids is 1. The van der Waals surface area contributed by atoms with Crippen molar-refractivity contribution in [3.63, 3.8) is 0 Å². The fraction of sp³-hybridized carbons (Fsp3) is 0.579. The fourth-order valence-corrected chi connectivity index (χ4v) is 3.23. The molecule has 0 bridgehead atoms. The lowest BCUT2D eigenvalue weighted by atomic mass is 10.1. The van der Waals surface area contributed by atoms with E-state index in [-0.39, 0.29) is 29.9 Å². The number of H-pyrrole nitrogens is 1. The lowest BCUT2D eigenvalue weighted by molar-refractivity contribution is -0.122. The second-order valence-corrected chi connectivity index (χ2v) is 6.96. The van der Waals surface area contributed by atoms with E-state index >= 15 is 0 Å². The molecular weight excluding hydrogens is 499 g/mol. The summed E-state index contributed by atoms with van der Waals surface area (Å²) in [6.45, 7) is 5.71. The third-order valence-corrected chi connectivity index (χ3v) is 4.81. The minimum absolute atomic E-state index is 0. The molecule has 166 valence electrons.